The van der Waals surface area contributed by atoms with Crippen LogP contribution in [0.5, 0.6) is 0 Å². The van der Waals surface area contributed by atoms with Crippen LogP contribution in [0.25, 0.3) is 0 Å². The molecule has 3 heterocycles. The summed E-state index contributed by atoms with van der Waals surface area (Å²) in [4.78, 5) is 24.9. The maximum atomic E-state index is 13.0. The minimum absolute atomic E-state index is 0.00453. The summed E-state index contributed by atoms with van der Waals surface area (Å²) in [6.45, 7) is 4.90. The Balaban J connectivity index is 1.44. The van der Waals surface area contributed by atoms with E-state index in [4.69, 9.17) is 14.6 Å². The van der Waals surface area contributed by atoms with Crippen LogP contribution in [0.1, 0.15) is 58.3 Å². The number of hydrogen-bond donors (Lipinski definition) is 1. The van der Waals surface area contributed by atoms with Gasteiger partial charge in [0.1, 0.15) is 11.5 Å². The van der Waals surface area contributed by atoms with E-state index in [2.05, 4.69) is 5.32 Å². The van der Waals surface area contributed by atoms with Crippen LogP contribution in [0.4, 0.5) is 4.39 Å². The highest BCUT2D eigenvalue weighted by atomic mass is 19.1. The molecule has 8 heteroatoms. The average Bonchev–Trinajstić information content (AvgIpc) is 3.06. The quantitative estimate of drug-likeness (QED) is 0.564. The number of ether oxygens (including phenoxy) is 2. The van der Waals surface area contributed by atoms with Crippen LogP contribution < -0.4 is 5.32 Å². The summed E-state index contributed by atoms with van der Waals surface area (Å²) in [5.74, 6) is -0.935. The fourth-order valence-electron chi connectivity index (χ4n) is 4.44. The summed E-state index contributed by atoms with van der Waals surface area (Å²) in [6, 6.07) is 5.29. The Morgan fingerprint density at radius 1 is 1.29 bits per heavy atom. The minimum Gasteiger partial charge on any atom is -0.462 e. The lowest BCUT2D eigenvalue weighted by atomic mass is 9.75. The maximum Gasteiger partial charge on any atom is 0.338 e. The van der Waals surface area contributed by atoms with Crippen LogP contribution in [0.15, 0.2) is 24.3 Å². The number of rotatable bonds is 6. The van der Waals surface area contributed by atoms with Crippen molar-refractivity contribution in [3.63, 3.8) is 0 Å². The number of fused-ring (bicyclic) bond motifs is 1. The SMILES string of the molecule is CCn1nc(CCCOC(=O)c2ccc(F)cc2)c2c1C(=O)NCC1(CCOCC1)C2. The van der Waals surface area contributed by atoms with E-state index in [0.29, 0.717) is 50.4 Å². The third-order valence-electron chi connectivity index (χ3n) is 6.25. The largest absolute Gasteiger partial charge is 0.462 e. The minimum atomic E-state index is -0.474. The number of benzene rings is 1. The van der Waals surface area contributed by atoms with Gasteiger partial charge in [0, 0.05) is 31.9 Å². The predicted octanol–water partition coefficient (Wildman–Crippen LogP) is 2.91. The average molecular weight is 429 g/mol. The number of halogens is 1. The van der Waals surface area contributed by atoms with E-state index >= 15 is 0 Å². The number of aromatic nitrogens is 2. The zero-order valence-corrected chi connectivity index (χ0v) is 17.8. The maximum absolute atomic E-state index is 13.0. The van der Waals surface area contributed by atoms with Crippen LogP contribution in [0.3, 0.4) is 0 Å². The first-order valence-corrected chi connectivity index (χ1v) is 10.9. The molecule has 0 unspecified atom stereocenters. The van der Waals surface area contributed by atoms with Gasteiger partial charge in [-0.15, -0.1) is 0 Å². The molecule has 1 amide bonds. The van der Waals surface area contributed by atoms with Gasteiger partial charge in [-0.25, -0.2) is 9.18 Å². The van der Waals surface area contributed by atoms with Crippen LogP contribution in [0, 0.1) is 11.2 Å². The second-order valence-electron chi connectivity index (χ2n) is 8.31. The van der Waals surface area contributed by atoms with Gasteiger partial charge in [-0.1, -0.05) is 0 Å². The van der Waals surface area contributed by atoms with Gasteiger partial charge < -0.3 is 14.8 Å². The topological polar surface area (TPSA) is 82.5 Å². The summed E-state index contributed by atoms with van der Waals surface area (Å²) in [7, 11) is 0. The summed E-state index contributed by atoms with van der Waals surface area (Å²) in [6.07, 6.45) is 3.84. The van der Waals surface area contributed by atoms with E-state index in [1.54, 1.807) is 4.68 Å². The Morgan fingerprint density at radius 2 is 2.03 bits per heavy atom. The number of nitrogens with zero attached hydrogens (tertiary/aromatic N) is 2. The van der Waals surface area contributed by atoms with Crippen molar-refractivity contribution in [3.05, 3.63) is 52.6 Å². The molecular weight excluding hydrogens is 401 g/mol. The molecule has 0 aliphatic carbocycles. The number of nitrogens with one attached hydrogen (secondary N) is 1. The van der Waals surface area contributed by atoms with Crippen molar-refractivity contribution < 1.29 is 23.5 Å². The molecule has 2 aliphatic heterocycles. The lowest BCUT2D eigenvalue weighted by molar-refractivity contribution is 0.0160. The highest BCUT2D eigenvalue weighted by Crippen LogP contribution is 2.37. The molecule has 1 aromatic carbocycles. The van der Waals surface area contributed by atoms with Gasteiger partial charge in [0.25, 0.3) is 5.91 Å². The Labute approximate surface area is 180 Å². The molecule has 2 aromatic rings. The number of amides is 1. The van der Waals surface area contributed by atoms with Gasteiger partial charge in [0.05, 0.1) is 17.9 Å². The van der Waals surface area contributed by atoms with E-state index in [9.17, 15) is 14.0 Å². The number of hydrogen-bond acceptors (Lipinski definition) is 5. The summed E-state index contributed by atoms with van der Waals surface area (Å²) < 4.78 is 25.7. The molecule has 0 atom stereocenters. The van der Waals surface area contributed by atoms with E-state index in [1.165, 1.54) is 24.3 Å². The molecule has 1 spiro atoms. The van der Waals surface area contributed by atoms with Gasteiger partial charge in [-0.3, -0.25) is 9.48 Å². The molecule has 1 N–H and O–H groups in total. The van der Waals surface area contributed by atoms with E-state index < -0.39 is 11.8 Å². The third kappa shape index (κ3) is 4.63. The fourth-order valence-corrected chi connectivity index (χ4v) is 4.44. The Bertz CT molecular complexity index is 948. The van der Waals surface area contributed by atoms with Gasteiger partial charge in [-0.2, -0.15) is 5.10 Å². The van der Waals surface area contributed by atoms with Gasteiger partial charge in [0.2, 0.25) is 0 Å². The first-order chi connectivity index (χ1) is 15.0. The third-order valence-corrected chi connectivity index (χ3v) is 6.25. The lowest BCUT2D eigenvalue weighted by Gasteiger charge is -2.36. The number of carbonyl (C=O) groups excluding carboxylic acids is 2. The van der Waals surface area contributed by atoms with Crippen molar-refractivity contribution in [1.29, 1.82) is 0 Å². The highest BCUT2D eigenvalue weighted by Gasteiger charge is 2.39. The second-order valence-corrected chi connectivity index (χ2v) is 8.31. The summed E-state index contributed by atoms with van der Waals surface area (Å²) >= 11 is 0. The van der Waals surface area contributed by atoms with Crippen molar-refractivity contribution in [3.8, 4) is 0 Å². The molecule has 0 radical (unpaired) electrons. The Kier molecular flexibility index (Phi) is 6.36. The molecule has 1 fully saturated rings. The van der Waals surface area contributed by atoms with Crippen molar-refractivity contribution >= 4 is 11.9 Å². The molecule has 2 aliphatic rings. The lowest BCUT2D eigenvalue weighted by Crippen LogP contribution is -2.40. The smallest absolute Gasteiger partial charge is 0.338 e. The zero-order chi connectivity index (χ0) is 21.8. The van der Waals surface area contributed by atoms with Crippen LogP contribution >= 0.6 is 0 Å². The zero-order valence-electron chi connectivity index (χ0n) is 17.8. The summed E-state index contributed by atoms with van der Waals surface area (Å²) in [5, 5.41) is 7.81. The fraction of sp³-hybridized carbons (Fsp3) is 0.522. The van der Waals surface area contributed by atoms with Crippen LogP contribution in [-0.2, 0) is 28.9 Å². The predicted molar refractivity (Wildman–Crippen MR) is 111 cm³/mol. The Morgan fingerprint density at radius 3 is 2.74 bits per heavy atom. The first-order valence-electron chi connectivity index (χ1n) is 10.9. The molecule has 4 rings (SSSR count). The van der Waals surface area contributed by atoms with Crippen LogP contribution in [-0.4, -0.2) is 48.0 Å². The molecule has 0 bridgehead atoms. The van der Waals surface area contributed by atoms with Crippen molar-refractivity contribution in [2.24, 2.45) is 5.41 Å². The second kappa shape index (κ2) is 9.18. The first kappa shape index (κ1) is 21.5. The van der Waals surface area contributed by atoms with Gasteiger partial charge in [0.15, 0.2) is 0 Å². The Hall–Kier alpha value is -2.74. The van der Waals surface area contributed by atoms with Gasteiger partial charge >= 0.3 is 5.97 Å². The molecule has 1 aromatic heterocycles. The highest BCUT2D eigenvalue weighted by molar-refractivity contribution is 5.94. The van der Waals surface area contributed by atoms with E-state index in [1.807, 2.05) is 6.92 Å². The van der Waals surface area contributed by atoms with Crippen molar-refractivity contribution in [2.45, 2.75) is 45.6 Å². The van der Waals surface area contributed by atoms with Crippen molar-refractivity contribution in [1.82, 2.24) is 15.1 Å². The van der Waals surface area contributed by atoms with Crippen LogP contribution in [0.2, 0.25) is 0 Å². The normalized spacial score (nSPS) is 17.7. The molecule has 7 nitrogen and oxygen atoms in total. The van der Waals surface area contributed by atoms with Crippen molar-refractivity contribution in [2.75, 3.05) is 26.4 Å². The monoisotopic (exact) mass is 429 g/mol. The number of aryl methyl sites for hydroxylation is 2. The van der Waals surface area contributed by atoms with Gasteiger partial charge in [-0.05, 0) is 68.7 Å². The number of carbonyl (C=O) groups is 2. The van der Waals surface area contributed by atoms with E-state index in [-0.39, 0.29) is 17.9 Å². The molecule has 166 valence electrons. The molecular formula is C23H28FN3O4. The molecule has 1 saturated heterocycles. The standard InChI is InChI=1S/C23H28FN3O4/c1-2-27-20-18(14-23(15-25-21(20)28)9-12-30-13-10-23)19(26-27)4-3-11-31-22(29)16-5-7-17(24)8-6-16/h5-8H,2-4,9-15H2,1H3,(H,25,28). The van der Waals surface area contributed by atoms with E-state index in [0.717, 1.165) is 30.5 Å². The molecule has 31 heavy (non-hydrogen) atoms. The summed E-state index contributed by atoms with van der Waals surface area (Å²) in [5.41, 5.74) is 2.90. The number of esters is 1. The molecule has 0 saturated carbocycles.